The van der Waals surface area contributed by atoms with E-state index in [0.717, 1.165) is 37.8 Å². The first-order valence-electron chi connectivity index (χ1n) is 12.1. The molecule has 1 aliphatic rings. The molecule has 1 fully saturated rings. The number of aromatic nitrogens is 2. The molecule has 2 heterocycles. The van der Waals surface area contributed by atoms with Gasteiger partial charge in [0.05, 0.1) is 31.2 Å². The van der Waals surface area contributed by atoms with E-state index in [1.54, 1.807) is 34.6 Å². The lowest BCUT2D eigenvalue weighted by molar-refractivity contribution is -0.136. The van der Waals surface area contributed by atoms with E-state index in [2.05, 4.69) is 5.43 Å². The minimum absolute atomic E-state index is 0.0863. The van der Waals surface area contributed by atoms with Gasteiger partial charge in [-0.25, -0.2) is 20.0 Å². The molecule has 0 saturated heterocycles. The Balaban J connectivity index is 2.07. The highest BCUT2D eigenvalue weighted by molar-refractivity contribution is 7.18. The maximum atomic E-state index is 13.3. The molecule has 210 valence electrons. The van der Waals surface area contributed by atoms with Crippen LogP contribution in [0.2, 0.25) is 0 Å². The Bertz CT molecular complexity index is 1350. The number of thiophene rings is 1. The van der Waals surface area contributed by atoms with Crippen LogP contribution in [0, 0.1) is 6.92 Å². The van der Waals surface area contributed by atoms with Gasteiger partial charge < -0.3 is 9.47 Å². The molecule has 14 heteroatoms. The van der Waals surface area contributed by atoms with Gasteiger partial charge in [0.15, 0.2) is 0 Å². The fourth-order valence-corrected chi connectivity index (χ4v) is 4.98. The van der Waals surface area contributed by atoms with Gasteiger partial charge in [-0.2, -0.15) is 13.2 Å². The Labute approximate surface area is 220 Å². The third-order valence-electron chi connectivity index (χ3n) is 5.54. The van der Waals surface area contributed by atoms with Crippen molar-refractivity contribution in [3.8, 4) is 0 Å². The largest absolute Gasteiger partial charge is 0.501 e. The lowest BCUT2D eigenvalue weighted by Crippen LogP contribution is -2.47. The van der Waals surface area contributed by atoms with Gasteiger partial charge in [-0.1, -0.05) is 0 Å². The average molecular weight is 561 g/mol. The fourth-order valence-electron chi connectivity index (χ4n) is 3.67. The molecule has 1 N–H and O–H groups in total. The SMILES string of the molecule is CCO/C=C/C(=O)N(Cc1sc2c(c1C)c(=O)n(C1CC1)c(=O)n2CCC(F)(F)F)NC(=O)OC(C)(C)C. The molecule has 0 aromatic carbocycles. The molecule has 10 nitrogen and oxygen atoms in total. The first-order chi connectivity index (χ1) is 17.6. The number of hydrogen-bond acceptors (Lipinski definition) is 7. The minimum atomic E-state index is -4.51. The van der Waals surface area contributed by atoms with Crippen LogP contribution in [0.25, 0.3) is 10.2 Å². The number of aryl methyl sites for hydroxylation is 2. The second kappa shape index (κ2) is 11.2. The number of fused-ring (bicyclic) bond motifs is 1. The summed E-state index contributed by atoms with van der Waals surface area (Å²) in [4.78, 5) is 52.1. The van der Waals surface area contributed by atoms with Crippen LogP contribution in [0.3, 0.4) is 0 Å². The van der Waals surface area contributed by atoms with Gasteiger partial charge in [0.25, 0.3) is 11.5 Å². The first kappa shape index (κ1) is 29.3. The number of rotatable bonds is 8. The quantitative estimate of drug-likeness (QED) is 0.295. The molecular weight excluding hydrogens is 529 g/mol. The zero-order valence-electron chi connectivity index (χ0n) is 21.8. The number of alkyl halides is 3. The summed E-state index contributed by atoms with van der Waals surface area (Å²) in [6.07, 6.45) is -3.24. The van der Waals surface area contributed by atoms with Crippen molar-refractivity contribution in [1.82, 2.24) is 19.6 Å². The monoisotopic (exact) mass is 560 g/mol. The van der Waals surface area contributed by atoms with Crippen molar-refractivity contribution in [2.24, 2.45) is 0 Å². The molecule has 0 atom stereocenters. The van der Waals surface area contributed by atoms with Crippen molar-refractivity contribution in [2.45, 2.75) is 84.8 Å². The summed E-state index contributed by atoms with van der Waals surface area (Å²) in [7, 11) is 0. The minimum Gasteiger partial charge on any atom is -0.501 e. The van der Waals surface area contributed by atoms with E-state index in [9.17, 15) is 32.3 Å². The predicted octanol–water partition coefficient (Wildman–Crippen LogP) is 4.14. The molecule has 0 unspecified atom stereocenters. The van der Waals surface area contributed by atoms with Gasteiger partial charge >= 0.3 is 18.0 Å². The van der Waals surface area contributed by atoms with E-state index in [-0.39, 0.29) is 22.8 Å². The molecule has 2 aromatic rings. The van der Waals surface area contributed by atoms with Gasteiger partial charge in [0.1, 0.15) is 10.4 Å². The van der Waals surface area contributed by atoms with Gasteiger partial charge in [0.2, 0.25) is 0 Å². The van der Waals surface area contributed by atoms with Crippen LogP contribution in [0.15, 0.2) is 21.9 Å². The molecule has 38 heavy (non-hydrogen) atoms. The third-order valence-corrected chi connectivity index (χ3v) is 6.84. The summed E-state index contributed by atoms with van der Waals surface area (Å²) in [5, 5.41) is 1.06. The lowest BCUT2D eigenvalue weighted by Gasteiger charge is -2.25. The van der Waals surface area contributed by atoms with Crippen LogP contribution >= 0.6 is 11.3 Å². The fraction of sp³-hybridized carbons (Fsp3) is 0.583. The summed E-state index contributed by atoms with van der Waals surface area (Å²) < 4.78 is 51.4. The zero-order valence-corrected chi connectivity index (χ0v) is 22.6. The molecular formula is C24H31F3N4O6S. The second-order valence-electron chi connectivity index (χ2n) is 9.83. The summed E-state index contributed by atoms with van der Waals surface area (Å²) >= 11 is 0.926. The molecule has 1 aliphatic carbocycles. The Morgan fingerprint density at radius 2 is 1.87 bits per heavy atom. The van der Waals surface area contributed by atoms with E-state index in [0.29, 0.717) is 29.9 Å². The number of nitrogens with zero attached hydrogens (tertiary/aromatic N) is 3. The standard InChI is InChI=1S/C24H31F3N4O6S/c1-6-36-12-9-17(32)30(28-21(34)37-23(3,4)5)13-16-14(2)18-19(33)31(15-7-8-15)22(35)29(20(18)38-16)11-10-24(25,26)27/h9,12,15H,6-8,10-11,13H2,1-5H3,(H,28,34)/b12-9+. The molecule has 3 rings (SSSR count). The molecule has 0 bridgehead atoms. The van der Waals surface area contributed by atoms with Crippen LogP contribution in [0.5, 0.6) is 0 Å². The van der Waals surface area contributed by atoms with Crippen molar-refractivity contribution >= 4 is 33.6 Å². The van der Waals surface area contributed by atoms with E-state index < -0.39 is 48.0 Å². The Morgan fingerprint density at radius 3 is 2.42 bits per heavy atom. The average Bonchev–Trinajstić information content (AvgIpc) is 3.55. The van der Waals surface area contributed by atoms with E-state index in [1.165, 1.54) is 0 Å². The highest BCUT2D eigenvalue weighted by atomic mass is 32.1. The number of halogens is 3. The van der Waals surface area contributed by atoms with Crippen LogP contribution in [0.4, 0.5) is 18.0 Å². The van der Waals surface area contributed by atoms with Crippen molar-refractivity contribution in [2.75, 3.05) is 6.61 Å². The molecule has 0 spiro atoms. The molecule has 1 saturated carbocycles. The third kappa shape index (κ3) is 7.17. The number of hydrazine groups is 1. The molecule has 2 aromatic heterocycles. The van der Waals surface area contributed by atoms with Crippen molar-refractivity contribution < 1.29 is 32.2 Å². The Morgan fingerprint density at radius 1 is 1.21 bits per heavy atom. The van der Waals surface area contributed by atoms with Crippen molar-refractivity contribution in [1.29, 1.82) is 0 Å². The number of hydrogen-bond donors (Lipinski definition) is 1. The summed E-state index contributed by atoms with van der Waals surface area (Å²) in [5.74, 6) is -0.675. The molecule has 0 radical (unpaired) electrons. The maximum Gasteiger partial charge on any atom is 0.426 e. The van der Waals surface area contributed by atoms with E-state index in [1.807, 2.05) is 0 Å². The second-order valence-corrected chi connectivity index (χ2v) is 10.9. The van der Waals surface area contributed by atoms with Gasteiger partial charge in [-0.15, -0.1) is 11.3 Å². The Hall–Kier alpha value is -3.29. The van der Waals surface area contributed by atoms with Crippen LogP contribution in [-0.2, 0) is 27.4 Å². The topological polar surface area (TPSA) is 112 Å². The number of carbonyl (C=O) groups is 2. The lowest BCUT2D eigenvalue weighted by atomic mass is 10.2. The highest BCUT2D eigenvalue weighted by Crippen LogP contribution is 2.35. The number of amides is 2. The highest BCUT2D eigenvalue weighted by Gasteiger charge is 2.33. The summed E-state index contributed by atoms with van der Waals surface area (Å²) in [5.41, 5.74) is 0.553. The van der Waals surface area contributed by atoms with E-state index in [4.69, 9.17) is 9.47 Å². The number of carbonyl (C=O) groups excluding carboxylic acids is 2. The van der Waals surface area contributed by atoms with Crippen molar-refractivity contribution in [3.05, 3.63) is 43.6 Å². The van der Waals surface area contributed by atoms with Crippen LogP contribution < -0.4 is 16.7 Å². The normalized spacial score (nSPS) is 14.2. The number of ether oxygens (including phenoxy) is 2. The smallest absolute Gasteiger partial charge is 0.426 e. The van der Waals surface area contributed by atoms with Crippen molar-refractivity contribution in [3.63, 3.8) is 0 Å². The van der Waals surface area contributed by atoms with E-state index >= 15 is 0 Å². The summed E-state index contributed by atoms with van der Waals surface area (Å²) in [6, 6.07) is -0.352. The van der Waals surface area contributed by atoms with Crippen LogP contribution in [0.1, 0.15) is 63.4 Å². The van der Waals surface area contributed by atoms with Crippen LogP contribution in [-0.4, -0.2) is 44.5 Å². The Kier molecular flexibility index (Phi) is 8.64. The maximum absolute atomic E-state index is 13.3. The van der Waals surface area contributed by atoms with Gasteiger partial charge in [0, 0.05) is 23.5 Å². The predicted molar refractivity (Wildman–Crippen MR) is 135 cm³/mol. The molecule has 0 aliphatic heterocycles. The van der Waals surface area contributed by atoms with Gasteiger partial charge in [-0.05, 0) is 53.0 Å². The molecule has 2 amide bonds. The number of nitrogens with one attached hydrogen (secondary N) is 1. The van der Waals surface area contributed by atoms with Gasteiger partial charge in [-0.3, -0.25) is 18.7 Å². The first-order valence-corrected chi connectivity index (χ1v) is 12.9. The summed E-state index contributed by atoms with van der Waals surface area (Å²) in [6.45, 7) is 7.67. The zero-order chi connectivity index (χ0) is 28.4.